The SMILES string of the molecule is C[C@H](NC(=O)[C@H](CCC(N)=O)NC(=O)[C@@H](NC(=O)[C@H](C)NC(=O)[C@H](CCCCN)NC(=O)[C@@H](N)CCCCN)[C@@H](C)O)C(=O)N[C@@H](COP(=O)(O)O)C(=O)N[C@@H](CCC(N)=O)C(=O)N[C@@H](CCC(=O)O)C(=O)N[C@@H](Cc1ccc(O)cc1)C(=O)O. The van der Waals surface area contributed by atoms with Crippen molar-refractivity contribution in [3.05, 3.63) is 29.8 Å². The third-order valence-corrected chi connectivity index (χ3v) is 12.9. The van der Waals surface area contributed by atoms with Gasteiger partial charge in [-0.2, -0.15) is 0 Å². The van der Waals surface area contributed by atoms with Gasteiger partial charge in [-0.1, -0.05) is 18.6 Å². The van der Waals surface area contributed by atoms with Gasteiger partial charge in [0.25, 0.3) is 0 Å². The van der Waals surface area contributed by atoms with Crippen molar-refractivity contribution in [3.63, 3.8) is 0 Å². The molecule has 0 aromatic heterocycles. The normalized spacial score (nSPS) is 15.1. The minimum absolute atomic E-state index is 0.102. The van der Waals surface area contributed by atoms with Gasteiger partial charge < -0.3 is 107 Å². The maximum Gasteiger partial charge on any atom is 0.469 e. The van der Waals surface area contributed by atoms with E-state index in [1.54, 1.807) is 0 Å². The van der Waals surface area contributed by atoms with Crippen molar-refractivity contribution in [3.8, 4) is 5.75 Å². The van der Waals surface area contributed by atoms with Gasteiger partial charge in [0.15, 0.2) is 0 Å². The van der Waals surface area contributed by atoms with Crippen LogP contribution in [0.25, 0.3) is 0 Å². The molecule has 0 bridgehead atoms. The maximum absolute atomic E-state index is 13.8. The number of primary amides is 2. The van der Waals surface area contributed by atoms with Gasteiger partial charge in [0, 0.05) is 25.7 Å². The molecule has 0 unspecified atom stereocenters. The predicted octanol–water partition coefficient (Wildman–Crippen LogP) is -7.11. The lowest BCUT2D eigenvalue weighted by Gasteiger charge is -2.28. The number of unbranched alkanes of at least 4 members (excludes halogenated alkanes) is 2. The third-order valence-electron chi connectivity index (χ3n) is 12.4. The Morgan fingerprint density at radius 3 is 1.33 bits per heavy atom. The van der Waals surface area contributed by atoms with E-state index in [2.05, 4.69) is 47.1 Å². The quantitative estimate of drug-likeness (QED) is 0.0214. The van der Waals surface area contributed by atoms with Crippen LogP contribution in [-0.4, -0.2) is 193 Å². The number of hydrogen-bond donors (Lipinski definition) is 20. The first kappa shape index (κ1) is 75.1. The van der Waals surface area contributed by atoms with Crippen LogP contribution >= 0.6 is 7.82 Å². The number of amides is 11. The second-order valence-corrected chi connectivity index (χ2v) is 20.9. The summed E-state index contributed by atoms with van der Waals surface area (Å²) in [6.45, 7) is 2.59. The average Bonchev–Trinajstić information content (AvgIpc) is 3.44. The molecule has 0 aliphatic heterocycles. The van der Waals surface area contributed by atoms with Gasteiger partial charge in [-0.25, -0.2) is 9.36 Å². The summed E-state index contributed by atoms with van der Waals surface area (Å²) in [6.07, 6.45) is -3.62. The van der Waals surface area contributed by atoms with Gasteiger partial charge in [-0.05, 0) is 103 Å². The van der Waals surface area contributed by atoms with E-state index in [9.17, 15) is 97.1 Å². The molecular weight excluding hydrogens is 1150 g/mol. The van der Waals surface area contributed by atoms with Crippen LogP contribution in [0.5, 0.6) is 5.75 Å². The Morgan fingerprint density at radius 1 is 0.506 bits per heavy atom. The summed E-state index contributed by atoms with van der Waals surface area (Å²) in [4.78, 5) is 188. The minimum atomic E-state index is -5.47. The number of rotatable bonds is 42. The number of carbonyl (C=O) groups excluding carboxylic acids is 11. The molecule has 0 aliphatic rings. The smallest absolute Gasteiger partial charge is 0.469 e. The number of phosphoric ester groups is 1. The molecule has 0 fully saturated rings. The minimum Gasteiger partial charge on any atom is -0.508 e. The molecule has 11 amide bonds. The number of nitrogens with two attached hydrogens (primary N) is 5. The molecule has 0 spiro atoms. The van der Waals surface area contributed by atoms with E-state index in [1.807, 2.05) is 5.32 Å². The third kappa shape index (κ3) is 30.5. The Bertz CT molecular complexity index is 2520. The zero-order valence-electron chi connectivity index (χ0n) is 47.1. The van der Waals surface area contributed by atoms with Crippen LogP contribution in [-0.2, 0) is 77.8 Å². The van der Waals surface area contributed by atoms with Crippen molar-refractivity contribution in [1.82, 2.24) is 47.9 Å². The Balaban J connectivity index is 3.39. The number of nitrogens with one attached hydrogen (secondary N) is 9. The molecule has 0 aliphatic carbocycles. The van der Waals surface area contributed by atoms with E-state index in [-0.39, 0.29) is 31.6 Å². The number of carboxylic acid groups (broad SMARTS) is 2. The largest absolute Gasteiger partial charge is 0.508 e. The molecule has 0 saturated carbocycles. The molecule has 1 rings (SSSR count). The highest BCUT2D eigenvalue weighted by Crippen LogP contribution is 2.35. The van der Waals surface area contributed by atoms with Crippen LogP contribution in [0.15, 0.2) is 24.3 Å². The molecule has 1 aromatic rings. The molecule has 0 saturated heterocycles. The molecule has 11 atom stereocenters. The Labute approximate surface area is 487 Å². The van der Waals surface area contributed by atoms with Crippen LogP contribution in [0, 0.1) is 0 Å². The van der Waals surface area contributed by atoms with Crippen molar-refractivity contribution in [2.75, 3.05) is 19.7 Å². The lowest BCUT2D eigenvalue weighted by molar-refractivity contribution is -0.143. The number of phenols is 1. The zero-order valence-corrected chi connectivity index (χ0v) is 48.0. The van der Waals surface area contributed by atoms with Gasteiger partial charge in [-0.3, -0.25) is 62.1 Å². The second kappa shape index (κ2) is 38.1. The summed E-state index contributed by atoms with van der Waals surface area (Å²) in [7, 11) is -5.47. The molecule has 35 nitrogen and oxygen atoms in total. The number of hydrogen-bond acceptors (Lipinski definition) is 20. The maximum atomic E-state index is 13.8. The van der Waals surface area contributed by atoms with Gasteiger partial charge in [-0.15, -0.1) is 0 Å². The fraction of sp³-hybridized carbons (Fsp3) is 0.612. The Hall–Kier alpha value is -7.92. The number of aromatic hydroxyl groups is 1. The summed E-state index contributed by atoms with van der Waals surface area (Å²) >= 11 is 0. The number of carbonyl (C=O) groups is 13. The second-order valence-electron chi connectivity index (χ2n) is 19.7. The highest BCUT2D eigenvalue weighted by molar-refractivity contribution is 7.46. The first-order valence-electron chi connectivity index (χ1n) is 26.8. The molecule has 36 heteroatoms. The standard InChI is InChI=1S/C49H81N14O21P/c1-24(55-44(74)31(14-17-36(53)66)60-48(78)39(26(3)64)63-41(71)25(2)56-43(73)30(9-5-7-21-51)57-42(72)29(52)8-4-6-20-50)40(70)62-35(23-84-85(81,82)83)47(77)59-32(15-18-37(54)67)45(75)58-33(16-19-38(68)69)46(76)61-34(49(79)80)22-27-10-12-28(65)13-11-27/h10-13,24-26,29-35,39,64-65H,4-9,14-23,50-52H2,1-3H3,(H2,53,66)(H2,54,67)(H,55,74)(H,56,73)(H,57,72)(H,58,75)(H,59,77)(H,60,78)(H,61,76)(H,62,70)(H,63,71)(H,68,69)(H,79,80)(H2,81,82,83)/t24-,25-,26+,29-,30-,31-,32-,33-,34-,35-,39-/m0/s1. The van der Waals surface area contributed by atoms with Gasteiger partial charge in [0.05, 0.1) is 18.8 Å². The van der Waals surface area contributed by atoms with Crippen LogP contribution in [0.2, 0.25) is 0 Å². The van der Waals surface area contributed by atoms with Crippen LogP contribution in [0.4, 0.5) is 0 Å². The van der Waals surface area contributed by atoms with E-state index >= 15 is 0 Å². The fourth-order valence-electron chi connectivity index (χ4n) is 7.57. The monoisotopic (exact) mass is 1230 g/mol. The number of phosphoric acid groups is 1. The van der Waals surface area contributed by atoms with E-state index in [4.69, 9.17) is 28.7 Å². The number of carboxylic acids is 2. The van der Waals surface area contributed by atoms with Crippen molar-refractivity contribution in [2.45, 2.75) is 171 Å². The van der Waals surface area contributed by atoms with E-state index < -0.39 is 196 Å². The summed E-state index contributed by atoms with van der Waals surface area (Å²) in [5.74, 6) is -15.5. The Morgan fingerprint density at radius 2 is 0.894 bits per heavy atom. The number of benzene rings is 1. The highest BCUT2D eigenvalue weighted by Gasteiger charge is 2.36. The molecule has 1 aromatic carbocycles. The first-order valence-corrected chi connectivity index (χ1v) is 28.3. The number of aliphatic hydroxyl groups is 1. The number of aliphatic carboxylic acids is 2. The average molecular weight is 1230 g/mol. The van der Waals surface area contributed by atoms with E-state index in [0.717, 1.165) is 13.8 Å². The van der Waals surface area contributed by atoms with Gasteiger partial charge in [0.2, 0.25) is 65.0 Å². The van der Waals surface area contributed by atoms with Gasteiger partial charge in [0.1, 0.15) is 60.1 Å². The van der Waals surface area contributed by atoms with Crippen molar-refractivity contribution in [1.29, 1.82) is 0 Å². The number of phenolic OH excluding ortho intramolecular Hbond substituents is 1. The summed E-state index contributed by atoms with van der Waals surface area (Å²) in [5, 5.41) is 59.6. The lowest BCUT2D eigenvalue weighted by atomic mass is 10.0. The summed E-state index contributed by atoms with van der Waals surface area (Å²) in [5.41, 5.74) is 28.0. The Kier molecular flexibility index (Phi) is 33.7. The van der Waals surface area contributed by atoms with Crippen LogP contribution < -0.4 is 76.5 Å². The fourth-order valence-corrected chi connectivity index (χ4v) is 7.91. The van der Waals surface area contributed by atoms with E-state index in [1.165, 1.54) is 31.2 Å². The molecule has 0 heterocycles. The molecular formula is C49H81N14O21P. The highest BCUT2D eigenvalue weighted by atomic mass is 31.2. The molecule has 85 heavy (non-hydrogen) atoms. The van der Waals surface area contributed by atoms with Crippen molar-refractivity contribution in [2.24, 2.45) is 28.7 Å². The first-order chi connectivity index (χ1) is 39.7. The van der Waals surface area contributed by atoms with Crippen LogP contribution in [0.3, 0.4) is 0 Å². The lowest BCUT2D eigenvalue weighted by Crippen LogP contribution is -2.61. The summed E-state index contributed by atoms with van der Waals surface area (Å²) < 4.78 is 16.2. The molecule has 478 valence electrons. The van der Waals surface area contributed by atoms with Crippen LogP contribution in [0.1, 0.15) is 103 Å². The molecule has 0 radical (unpaired) electrons. The van der Waals surface area contributed by atoms with E-state index in [0.29, 0.717) is 37.8 Å². The van der Waals surface area contributed by atoms with Crippen molar-refractivity contribution < 1.29 is 102 Å². The predicted molar refractivity (Wildman–Crippen MR) is 295 cm³/mol. The topological polar surface area (TPSA) is 608 Å². The summed E-state index contributed by atoms with van der Waals surface area (Å²) in [6, 6.07) is -11.5. The number of aliphatic hydroxyl groups excluding tert-OH is 1. The zero-order chi connectivity index (χ0) is 64.7. The van der Waals surface area contributed by atoms with Gasteiger partial charge >= 0.3 is 19.8 Å². The molecule has 25 N–H and O–H groups in total. The van der Waals surface area contributed by atoms with Crippen molar-refractivity contribution >= 4 is 84.7 Å².